The van der Waals surface area contributed by atoms with Gasteiger partial charge >= 0.3 is 0 Å². The zero-order valence-electron chi connectivity index (χ0n) is 11.0. The van der Waals surface area contributed by atoms with Crippen molar-refractivity contribution in [3.8, 4) is 5.75 Å². The molecule has 1 heterocycles. The molecular weight excluding hydrogens is 282 g/mol. The Hall–Kier alpha value is -1.69. The third-order valence-corrected chi connectivity index (χ3v) is 4.16. The molecule has 1 aromatic carbocycles. The summed E-state index contributed by atoms with van der Waals surface area (Å²) < 4.78 is 35.4. The Bertz CT molecular complexity index is 708. The molecule has 0 bridgehead atoms. The van der Waals surface area contributed by atoms with Crippen LogP contribution in [0.15, 0.2) is 18.5 Å². The fourth-order valence-corrected chi connectivity index (χ4v) is 3.11. The number of hydrogen-bond donors (Lipinski definition) is 1. The lowest BCUT2D eigenvalue weighted by molar-refractivity contribution is 0.349. The average molecular weight is 296 g/mol. The minimum atomic E-state index is -0.638. The van der Waals surface area contributed by atoms with Gasteiger partial charge in [-0.1, -0.05) is 0 Å². The maximum Gasteiger partial charge on any atom is 0.190 e. The number of ether oxygens (including phenoxy) is 1. The number of nitrogens with one attached hydrogen (secondary N) is 1. The van der Waals surface area contributed by atoms with E-state index in [2.05, 4.69) is 4.98 Å². The first-order valence-electron chi connectivity index (χ1n) is 6.41. The normalized spacial score (nSPS) is 17.9. The minimum absolute atomic E-state index is 0.0888. The maximum atomic E-state index is 14.3. The molecule has 0 saturated carbocycles. The number of methoxy groups -OCH3 is 1. The lowest BCUT2D eigenvalue weighted by Crippen LogP contribution is -2.20. The molecule has 2 aromatic rings. The van der Waals surface area contributed by atoms with Crippen molar-refractivity contribution in [1.82, 2.24) is 9.55 Å². The summed E-state index contributed by atoms with van der Waals surface area (Å²) in [5.74, 6) is -1.53. The number of fused-ring (bicyclic) bond motifs is 1. The first-order chi connectivity index (χ1) is 9.61. The number of H-pyrrole nitrogens is 1. The predicted octanol–water partition coefficient (Wildman–Crippen LogP) is 3.56. The van der Waals surface area contributed by atoms with Crippen LogP contribution in [0, 0.1) is 16.4 Å². The van der Waals surface area contributed by atoms with Gasteiger partial charge in [0.1, 0.15) is 0 Å². The third kappa shape index (κ3) is 2.04. The number of aromatic nitrogens is 2. The average Bonchev–Trinajstić information content (AvgIpc) is 2.85. The van der Waals surface area contributed by atoms with Gasteiger partial charge < -0.3 is 14.3 Å². The summed E-state index contributed by atoms with van der Waals surface area (Å²) in [6, 6.07) is 1.47. The van der Waals surface area contributed by atoms with E-state index in [-0.39, 0.29) is 11.8 Å². The number of halogens is 2. The number of rotatable bonds is 2. The fourth-order valence-electron chi connectivity index (χ4n) is 2.84. The van der Waals surface area contributed by atoms with E-state index in [9.17, 15) is 8.78 Å². The largest absolute Gasteiger partial charge is 0.491 e. The van der Waals surface area contributed by atoms with Crippen LogP contribution < -0.4 is 4.74 Å². The summed E-state index contributed by atoms with van der Waals surface area (Å²) in [5, 5.41) is 0. The van der Waals surface area contributed by atoms with Crippen LogP contribution in [0.1, 0.15) is 23.6 Å². The molecule has 0 aliphatic heterocycles. The third-order valence-electron chi connectivity index (χ3n) is 3.83. The highest BCUT2D eigenvalue weighted by molar-refractivity contribution is 7.71. The highest BCUT2D eigenvalue weighted by Crippen LogP contribution is 2.35. The van der Waals surface area contributed by atoms with E-state index < -0.39 is 11.6 Å². The molecule has 0 fully saturated rings. The Morgan fingerprint density at radius 1 is 1.45 bits per heavy atom. The van der Waals surface area contributed by atoms with Crippen LogP contribution in [-0.2, 0) is 12.8 Å². The molecule has 1 atom stereocenters. The van der Waals surface area contributed by atoms with Gasteiger partial charge in [-0.2, -0.15) is 0 Å². The first kappa shape index (κ1) is 13.3. The lowest BCUT2D eigenvalue weighted by atomic mass is 9.87. The molecule has 0 spiro atoms. The van der Waals surface area contributed by atoms with Crippen molar-refractivity contribution in [2.45, 2.75) is 25.3 Å². The second kappa shape index (κ2) is 5.01. The van der Waals surface area contributed by atoms with Crippen LogP contribution in [0.25, 0.3) is 0 Å². The molecule has 0 amide bonds. The van der Waals surface area contributed by atoms with Crippen molar-refractivity contribution in [2.75, 3.05) is 7.11 Å². The van der Waals surface area contributed by atoms with Gasteiger partial charge in [-0.3, -0.25) is 0 Å². The van der Waals surface area contributed by atoms with Crippen LogP contribution in [0.5, 0.6) is 5.75 Å². The van der Waals surface area contributed by atoms with Crippen LogP contribution in [0.2, 0.25) is 0 Å². The van der Waals surface area contributed by atoms with Crippen molar-refractivity contribution >= 4 is 12.2 Å². The van der Waals surface area contributed by atoms with E-state index in [0.29, 0.717) is 23.2 Å². The number of hydrogen-bond acceptors (Lipinski definition) is 2. The molecule has 20 heavy (non-hydrogen) atoms. The second-order valence-electron chi connectivity index (χ2n) is 4.91. The van der Waals surface area contributed by atoms with E-state index in [0.717, 1.165) is 12.0 Å². The summed E-state index contributed by atoms with van der Waals surface area (Å²) >= 11 is 5.20. The summed E-state index contributed by atoms with van der Waals surface area (Å²) in [5.41, 5.74) is 1.25. The fraction of sp³-hybridized carbons (Fsp3) is 0.357. The summed E-state index contributed by atoms with van der Waals surface area (Å²) in [6.45, 7) is 0. The zero-order chi connectivity index (χ0) is 14.3. The summed E-state index contributed by atoms with van der Waals surface area (Å²) in [4.78, 5) is 2.94. The topological polar surface area (TPSA) is 29.9 Å². The molecular formula is C14H14F2N2OS. The first-order valence-corrected chi connectivity index (χ1v) is 6.82. The van der Waals surface area contributed by atoms with Gasteiger partial charge in [0.25, 0.3) is 0 Å². The Balaban J connectivity index is 2.03. The highest BCUT2D eigenvalue weighted by atomic mass is 32.1. The van der Waals surface area contributed by atoms with Crippen molar-refractivity contribution < 1.29 is 13.5 Å². The number of nitrogens with zero attached hydrogens (tertiary/aromatic N) is 1. The summed E-state index contributed by atoms with van der Waals surface area (Å²) in [7, 11) is 1.27. The molecule has 3 nitrogen and oxygen atoms in total. The Labute approximate surface area is 120 Å². The minimum Gasteiger partial charge on any atom is -0.491 e. The van der Waals surface area contributed by atoms with Crippen LogP contribution in [0.3, 0.4) is 0 Å². The molecule has 106 valence electrons. The Kier molecular flexibility index (Phi) is 3.33. The maximum absolute atomic E-state index is 14.3. The van der Waals surface area contributed by atoms with Crippen LogP contribution >= 0.6 is 12.2 Å². The van der Waals surface area contributed by atoms with E-state index in [4.69, 9.17) is 17.0 Å². The van der Waals surface area contributed by atoms with Crippen LogP contribution in [-0.4, -0.2) is 16.7 Å². The van der Waals surface area contributed by atoms with E-state index in [1.165, 1.54) is 13.2 Å². The molecule has 1 unspecified atom stereocenters. The molecule has 1 aliphatic rings. The molecule has 1 aromatic heterocycles. The van der Waals surface area contributed by atoms with Crippen molar-refractivity contribution in [1.29, 1.82) is 0 Å². The van der Waals surface area contributed by atoms with Gasteiger partial charge in [0.05, 0.1) is 7.11 Å². The van der Waals surface area contributed by atoms with Gasteiger partial charge in [-0.15, -0.1) is 0 Å². The van der Waals surface area contributed by atoms with Gasteiger partial charge in [-0.25, -0.2) is 8.78 Å². The van der Waals surface area contributed by atoms with Crippen LogP contribution in [0.4, 0.5) is 8.78 Å². The van der Waals surface area contributed by atoms with E-state index in [1.54, 1.807) is 6.20 Å². The quantitative estimate of drug-likeness (QED) is 0.859. The second-order valence-corrected chi connectivity index (χ2v) is 5.30. The SMILES string of the molecule is COc1c(F)cc2c(c1F)CC(n1cc[nH]c1=S)CC2. The van der Waals surface area contributed by atoms with Gasteiger partial charge in [0.2, 0.25) is 0 Å². The molecule has 0 radical (unpaired) electrons. The summed E-state index contributed by atoms with van der Waals surface area (Å²) in [6.07, 6.45) is 5.55. The number of imidazole rings is 1. The molecule has 0 saturated heterocycles. The van der Waals surface area contributed by atoms with E-state index >= 15 is 0 Å². The van der Waals surface area contributed by atoms with Gasteiger partial charge in [0, 0.05) is 18.4 Å². The van der Waals surface area contributed by atoms with Gasteiger partial charge in [0.15, 0.2) is 22.2 Å². The van der Waals surface area contributed by atoms with Gasteiger partial charge in [-0.05, 0) is 48.7 Å². The van der Waals surface area contributed by atoms with Crippen molar-refractivity contribution in [3.05, 3.63) is 46.0 Å². The molecule has 1 aliphatic carbocycles. The molecule has 3 rings (SSSR count). The lowest BCUT2D eigenvalue weighted by Gasteiger charge is -2.26. The van der Waals surface area contributed by atoms with Crippen molar-refractivity contribution in [2.24, 2.45) is 0 Å². The molecule has 6 heteroatoms. The Morgan fingerprint density at radius 3 is 2.90 bits per heavy atom. The number of aromatic amines is 1. The Morgan fingerprint density at radius 2 is 2.25 bits per heavy atom. The van der Waals surface area contributed by atoms with E-state index in [1.807, 2.05) is 10.8 Å². The van der Waals surface area contributed by atoms with Crippen molar-refractivity contribution in [3.63, 3.8) is 0 Å². The number of benzene rings is 1. The highest BCUT2D eigenvalue weighted by Gasteiger charge is 2.27. The predicted molar refractivity (Wildman–Crippen MR) is 73.6 cm³/mol. The molecule has 1 N–H and O–H groups in total. The monoisotopic (exact) mass is 296 g/mol. The zero-order valence-corrected chi connectivity index (χ0v) is 11.8. The number of aryl methyl sites for hydroxylation is 1. The smallest absolute Gasteiger partial charge is 0.190 e. The standard InChI is InChI=1S/C14H14F2N2OS/c1-19-13-11(15)6-8-2-3-9(7-10(8)12(13)16)18-5-4-17-14(18)20/h4-6,9H,2-3,7H2,1H3,(H,17,20).